The predicted molar refractivity (Wildman–Crippen MR) is 54.9 cm³/mol. The van der Waals surface area contributed by atoms with Crippen LogP contribution in [-0.2, 0) is 7.05 Å². The standard InChI is InChI=1S/C8H10N4.ClH/c1-5-11-7-3-6(9)4-10-8(7)12(5)2;/h3-4H,9H2,1-2H3;1H. The van der Waals surface area contributed by atoms with Gasteiger partial charge in [0, 0.05) is 7.05 Å². The van der Waals surface area contributed by atoms with E-state index in [1.54, 1.807) is 6.20 Å². The highest BCUT2D eigenvalue weighted by molar-refractivity contribution is 5.85. The molecule has 5 heteroatoms. The number of aryl methyl sites for hydroxylation is 2. The first kappa shape index (κ1) is 9.80. The normalized spacial score (nSPS) is 10.0. The van der Waals surface area contributed by atoms with Gasteiger partial charge in [0.25, 0.3) is 0 Å². The van der Waals surface area contributed by atoms with Crippen LogP contribution in [0.5, 0.6) is 0 Å². The summed E-state index contributed by atoms with van der Waals surface area (Å²) in [5, 5.41) is 0. The fraction of sp³-hybridized carbons (Fsp3) is 0.250. The highest BCUT2D eigenvalue weighted by Crippen LogP contribution is 2.13. The quantitative estimate of drug-likeness (QED) is 0.694. The van der Waals surface area contributed by atoms with Gasteiger partial charge in [0.2, 0.25) is 0 Å². The van der Waals surface area contributed by atoms with Crippen LogP contribution >= 0.6 is 12.4 Å². The number of hydrogen-bond acceptors (Lipinski definition) is 3. The molecular formula is C8H11ClN4. The summed E-state index contributed by atoms with van der Waals surface area (Å²) in [6, 6.07) is 1.83. The largest absolute Gasteiger partial charge is 0.397 e. The minimum Gasteiger partial charge on any atom is -0.397 e. The number of imidazole rings is 1. The minimum atomic E-state index is 0. The lowest BCUT2D eigenvalue weighted by molar-refractivity contribution is 0.874. The maximum Gasteiger partial charge on any atom is 0.159 e. The Morgan fingerprint density at radius 3 is 2.85 bits per heavy atom. The molecule has 2 aromatic heterocycles. The van der Waals surface area contributed by atoms with Gasteiger partial charge in [-0.15, -0.1) is 12.4 Å². The fourth-order valence-corrected chi connectivity index (χ4v) is 1.20. The molecule has 0 fully saturated rings. The Bertz CT molecular complexity index is 435. The molecule has 0 radical (unpaired) electrons. The molecule has 0 saturated carbocycles. The van der Waals surface area contributed by atoms with Gasteiger partial charge in [-0.25, -0.2) is 9.97 Å². The number of nitrogens with zero attached hydrogens (tertiary/aromatic N) is 3. The van der Waals surface area contributed by atoms with E-state index in [1.165, 1.54) is 0 Å². The van der Waals surface area contributed by atoms with Crippen molar-refractivity contribution in [3.8, 4) is 0 Å². The number of aromatic nitrogens is 3. The van der Waals surface area contributed by atoms with Gasteiger partial charge < -0.3 is 10.3 Å². The van der Waals surface area contributed by atoms with Crippen LogP contribution in [-0.4, -0.2) is 14.5 Å². The Hall–Kier alpha value is -1.29. The second-order valence-electron chi connectivity index (χ2n) is 2.83. The third-order valence-electron chi connectivity index (χ3n) is 1.95. The van der Waals surface area contributed by atoms with E-state index in [2.05, 4.69) is 9.97 Å². The molecule has 13 heavy (non-hydrogen) atoms. The Labute approximate surface area is 82.2 Å². The molecule has 0 spiro atoms. The third kappa shape index (κ3) is 1.45. The highest BCUT2D eigenvalue weighted by atomic mass is 35.5. The van der Waals surface area contributed by atoms with Crippen molar-refractivity contribution >= 4 is 29.3 Å². The Kier molecular flexibility index (Phi) is 2.43. The molecule has 0 aliphatic carbocycles. The van der Waals surface area contributed by atoms with Gasteiger partial charge in [0.05, 0.1) is 11.9 Å². The monoisotopic (exact) mass is 198 g/mol. The number of hydrogen-bond donors (Lipinski definition) is 1. The Morgan fingerprint density at radius 1 is 1.46 bits per heavy atom. The van der Waals surface area contributed by atoms with E-state index in [0.29, 0.717) is 5.69 Å². The molecule has 0 aliphatic heterocycles. The molecule has 2 rings (SSSR count). The van der Waals surface area contributed by atoms with Crippen LogP contribution < -0.4 is 5.73 Å². The van der Waals surface area contributed by atoms with E-state index in [1.807, 2.05) is 24.6 Å². The number of fused-ring (bicyclic) bond motifs is 1. The smallest absolute Gasteiger partial charge is 0.159 e. The summed E-state index contributed by atoms with van der Waals surface area (Å²) in [6.45, 7) is 1.94. The maximum absolute atomic E-state index is 5.57. The van der Waals surface area contributed by atoms with Gasteiger partial charge in [0.1, 0.15) is 11.3 Å². The lowest BCUT2D eigenvalue weighted by Gasteiger charge is -1.94. The molecule has 0 aliphatic rings. The molecule has 4 nitrogen and oxygen atoms in total. The molecule has 0 atom stereocenters. The van der Waals surface area contributed by atoms with Crippen molar-refractivity contribution in [2.75, 3.05) is 5.73 Å². The lowest BCUT2D eigenvalue weighted by atomic mass is 10.4. The van der Waals surface area contributed by atoms with Crippen molar-refractivity contribution in [2.45, 2.75) is 6.92 Å². The number of rotatable bonds is 0. The molecule has 0 unspecified atom stereocenters. The second-order valence-corrected chi connectivity index (χ2v) is 2.83. The van der Waals surface area contributed by atoms with E-state index in [9.17, 15) is 0 Å². The molecule has 2 N–H and O–H groups in total. The number of nitrogens with two attached hydrogens (primary N) is 1. The number of halogens is 1. The molecule has 2 aromatic rings. The number of nitrogen functional groups attached to an aromatic ring is 1. The molecule has 0 amide bonds. The first-order valence-corrected chi connectivity index (χ1v) is 3.73. The van der Waals surface area contributed by atoms with Crippen molar-refractivity contribution in [1.29, 1.82) is 0 Å². The summed E-state index contributed by atoms with van der Waals surface area (Å²) < 4.78 is 1.94. The topological polar surface area (TPSA) is 56.7 Å². The Morgan fingerprint density at radius 2 is 2.15 bits per heavy atom. The average Bonchev–Trinajstić information content (AvgIpc) is 2.28. The summed E-state index contributed by atoms with van der Waals surface area (Å²) in [5.41, 5.74) is 7.96. The maximum atomic E-state index is 5.57. The number of anilines is 1. The summed E-state index contributed by atoms with van der Waals surface area (Å²) in [6.07, 6.45) is 1.64. The van der Waals surface area contributed by atoms with E-state index in [4.69, 9.17) is 5.73 Å². The minimum absolute atomic E-state index is 0. The van der Waals surface area contributed by atoms with Crippen LogP contribution in [0.4, 0.5) is 5.69 Å². The van der Waals surface area contributed by atoms with Gasteiger partial charge in [-0.3, -0.25) is 0 Å². The molecule has 2 heterocycles. The van der Waals surface area contributed by atoms with Crippen LogP contribution in [0.2, 0.25) is 0 Å². The van der Waals surface area contributed by atoms with Gasteiger partial charge in [-0.05, 0) is 13.0 Å². The predicted octanol–water partition coefficient (Wildman–Crippen LogP) is 1.28. The first-order valence-electron chi connectivity index (χ1n) is 3.73. The van der Waals surface area contributed by atoms with Crippen molar-refractivity contribution in [1.82, 2.24) is 14.5 Å². The van der Waals surface area contributed by atoms with Crippen LogP contribution in [0.1, 0.15) is 5.82 Å². The van der Waals surface area contributed by atoms with Gasteiger partial charge in [0.15, 0.2) is 5.65 Å². The second kappa shape index (κ2) is 3.22. The first-order chi connectivity index (χ1) is 5.68. The zero-order valence-corrected chi connectivity index (χ0v) is 8.30. The van der Waals surface area contributed by atoms with Gasteiger partial charge in [-0.1, -0.05) is 0 Å². The summed E-state index contributed by atoms with van der Waals surface area (Å²) in [5.74, 6) is 0.947. The third-order valence-corrected chi connectivity index (χ3v) is 1.95. The summed E-state index contributed by atoms with van der Waals surface area (Å²) in [4.78, 5) is 8.47. The number of pyridine rings is 1. The zero-order chi connectivity index (χ0) is 8.72. The van der Waals surface area contributed by atoms with Gasteiger partial charge >= 0.3 is 0 Å². The van der Waals surface area contributed by atoms with Crippen LogP contribution in [0, 0.1) is 6.92 Å². The van der Waals surface area contributed by atoms with E-state index < -0.39 is 0 Å². The van der Waals surface area contributed by atoms with Crippen molar-refractivity contribution in [3.63, 3.8) is 0 Å². The molecule has 70 valence electrons. The SMILES string of the molecule is Cc1nc2cc(N)cnc2n1C.Cl. The van der Waals surface area contributed by atoms with Crippen molar-refractivity contribution < 1.29 is 0 Å². The highest BCUT2D eigenvalue weighted by Gasteiger charge is 2.03. The molecule has 0 aromatic carbocycles. The van der Waals surface area contributed by atoms with Crippen LogP contribution in [0.3, 0.4) is 0 Å². The fourth-order valence-electron chi connectivity index (χ4n) is 1.20. The van der Waals surface area contributed by atoms with Gasteiger partial charge in [-0.2, -0.15) is 0 Å². The van der Waals surface area contributed by atoms with Crippen LogP contribution in [0.15, 0.2) is 12.3 Å². The zero-order valence-electron chi connectivity index (χ0n) is 7.48. The average molecular weight is 199 g/mol. The lowest BCUT2D eigenvalue weighted by Crippen LogP contribution is -1.92. The van der Waals surface area contributed by atoms with E-state index in [-0.39, 0.29) is 12.4 Å². The molecule has 0 saturated heterocycles. The molecule has 0 bridgehead atoms. The Balaban J connectivity index is 0.000000845. The summed E-state index contributed by atoms with van der Waals surface area (Å²) >= 11 is 0. The van der Waals surface area contributed by atoms with Crippen molar-refractivity contribution in [2.24, 2.45) is 7.05 Å². The van der Waals surface area contributed by atoms with Crippen molar-refractivity contribution in [3.05, 3.63) is 18.1 Å². The van der Waals surface area contributed by atoms with Crippen LogP contribution in [0.25, 0.3) is 11.2 Å². The van der Waals surface area contributed by atoms with E-state index >= 15 is 0 Å². The summed E-state index contributed by atoms with van der Waals surface area (Å²) in [7, 11) is 1.94. The van der Waals surface area contributed by atoms with E-state index in [0.717, 1.165) is 17.0 Å². The molecular weight excluding hydrogens is 188 g/mol.